The minimum Gasteiger partial charge on any atom is -0.463 e. The predicted molar refractivity (Wildman–Crippen MR) is 463 cm³/mol. The Kier molecular flexibility index (Phi) is 81.3. The third kappa shape index (κ3) is 86.1. The summed E-state index contributed by atoms with van der Waals surface area (Å²) in [6.07, 6.45) is 106. The summed E-state index contributed by atoms with van der Waals surface area (Å²) in [5, 5.41) is 20.7. The van der Waals surface area contributed by atoms with Crippen LogP contribution < -0.4 is 0 Å². The average Bonchev–Trinajstić information content (AvgIpc) is 0.902. The van der Waals surface area contributed by atoms with Crippen molar-refractivity contribution in [1.29, 1.82) is 0 Å². The molecule has 0 aromatic carbocycles. The van der Waals surface area contributed by atoms with E-state index < -0.39 is 91.5 Å². The number of ether oxygens (including phenoxy) is 3. The van der Waals surface area contributed by atoms with Gasteiger partial charge in [0.25, 0.3) is 0 Å². The van der Waals surface area contributed by atoms with E-state index in [0.29, 0.717) is 19.3 Å². The summed E-state index contributed by atoms with van der Waals surface area (Å²) < 4.78 is 61.3. The molecule has 0 aromatic heterocycles. The summed E-state index contributed by atoms with van der Waals surface area (Å²) in [6, 6.07) is 0. The fourth-order valence-corrected chi connectivity index (χ4v) is 13.5. The maximum atomic E-state index is 13.0. The quantitative estimate of drug-likeness (QED) is 0.0146. The van der Waals surface area contributed by atoms with Crippen molar-refractivity contribution in [2.75, 3.05) is 39.6 Å². The number of aliphatic hydroxyl groups is 2. The van der Waals surface area contributed by atoms with Crippen LogP contribution in [0.25, 0.3) is 0 Å². The smallest absolute Gasteiger partial charge is 0.463 e. The first-order valence-electron chi connectivity index (χ1n) is 44.1. The Balaban J connectivity index is 4.46. The Hall–Kier alpha value is -4.57. The van der Waals surface area contributed by atoms with Gasteiger partial charge in [-0.25, -0.2) is 9.13 Å². The van der Waals surface area contributed by atoms with E-state index in [-0.39, 0.29) is 19.3 Å². The topological polar surface area (TPSA) is 231 Å². The summed E-state index contributed by atoms with van der Waals surface area (Å²) in [4.78, 5) is 58.8. The first-order valence-corrected chi connectivity index (χ1v) is 47.1. The highest BCUT2D eigenvalue weighted by Gasteiger charge is 2.29. The van der Waals surface area contributed by atoms with Gasteiger partial charge in [0.15, 0.2) is 6.10 Å². The summed E-state index contributed by atoms with van der Waals surface area (Å²) in [7, 11) is -9.80. The maximum Gasteiger partial charge on any atom is 0.472 e. The summed E-state index contributed by atoms with van der Waals surface area (Å²) in [5.41, 5.74) is 0. The van der Waals surface area contributed by atoms with Crippen molar-refractivity contribution in [3.8, 4) is 0 Å². The van der Waals surface area contributed by atoms with Crippen LogP contribution in [-0.4, -0.2) is 95.9 Å². The highest BCUT2D eigenvalue weighted by molar-refractivity contribution is 7.47. The van der Waals surface area contributed by atoms with Crippen LogP contribution in [0.1, 0.15) is 367 Å². The summed E-state index contributed by atoms with van der Waals surface area (Å²) in [6.45, 7) is 2.45. The Morgan fingerprint density at radius 2 is 0.477 bits per heavy atom. The Morgan fingerprint density at radius 1 is 0.261 bits per heavy atom. The van der Waals surface area contributed by atoms with Crippen LogP contribution >= 0.6 is 15.6 Å². The van der Waals surface area contributed by atoms with E-state index in [0.717, 1.165) is 161 Å². The van der Waals surface area contributed by atoms with E-state index in [1.807, 2.05) is 0 Å². The molecule has 0 radical (unpaired) electrons. The molecule has 0 spiro atoms. The average molecular weight is 1600 g/mol. The number of allylic oxidation sites excluding steroid dienone is 24. The lowest BCUT2D eigenvalue weighted by Gasteiger charge is -2.21. The molecular formula is C93H160O16P2. The fraction of sp³-hybridized carbons (Fsp3) is 0.710. The predicted octanol–water partition coefficient (Wildman–Crippen LogP) is 26.8. The molecule has 0 aliphatic rings. The first-order chi connectivity index (χ1) is 54.2. The molecule has 0 amide bonds. The molecule has 18 heteroatoms. The second-order valence-corrected chi connectivity index (χ2v) is 32.2. The molecule has 0 saturated carbocycles. The molecule has 4 N–H and O–H groups in total. The van der Waals surface area contributed by atoms with Crippen molar-refractivity contribution in [1.82, 2.24) is 0 Å². The van der Waals surface area contributed by atoms with Crippen molar-refractivity contribution in [3.63, 3.8) is 0 Å². The Morgan fingerprint density at radius 3 is 0.757 bits per heavy atom. The molecule has 0 saturated heterocycles. The second kappa shape index (κ2) is 84.8. The molecule has 0 rings (SSSR count). The van der Waals surface area contributed by atoms with Gasteiger partial charge in [-0.05, 0) is 141 Å². The van der Waals surface area contributed by atoms with Crippen molar-refractivity contribution < 1.29 is 75.8 Å². The molecule has 111 heavy (non-hydrogen) atoms. The van der Waals surface area contributed by atoms with Gasteiger partial charge in [0.2, 0.25) is 0 Å². The van der Waals surface area contributed by atoms with E-state index in [9.17, 15) is 43.5 Å². The van der Waals surface area contributed by atoms with Crippen molar-refractivity contribution in [2.45, 2.75) is 386 Å². The number of hydrogen-bond acceptors (Lipinski definition) is 14. The van der Waals surface area contributed by atoms with E-state index in [2.05, 4.69) is 167 Å². The van der Waals surface area contributed by atoms with Gasteiger partial charge in [-0.3, -0.25) is 32.5 Å². The van der Waals surface area contributed by atoms with Gasteiger partial charge < -0.3 is 34.2 Å². The number of esters is 3. The van der Waals surface area contributed by atoms with Gasteiger partial charge in [-0.15, -0.1) is 0 Å². The molecule has 0 aliphatic carbocycles. The first kappa shape index (κ1) is 106. The van der Waals surface area contributed by atoms with Crippen molar-refractivity contribution in [2.24, 2.45) is 0 Å². The number of hydrogen-bond donors (Lipinski definition) is 4. The minimum absolute atomic E-state index is 0.0863. The SMILES string of the molecule is CC/C=C\C/C=C\C/C=C\C/C=C\C/C=C\CCCCCCCCCCCCCCCCCCCC(=O)OCC(O)COP(=O)(O)OCC(O)COP(=O)(O)OCC(COC(=O)CCCCCCCCCCCCC/C=C\C/C=C\C/C=C\C/C=C\C/C=C\CC)OC(=O)CCCCCCC/C=C\C/C=C\CCCCC. The van der Waals surface area contributed by atoms with Gasteiger partial charge in [0.1, 0.15) is 25.4 Å². The molecule has 0 heterocycles. The van der Waals surface area contributed by atoms with Crippen LogP contribution in [0.5, 0.6) is 0 Å². The van der Waals surface area contributed by atoms with Crippen molar-refractivity contribution >= 4 is 33.6 Å². The Labute approximate surface area is 677 Å². The van der Waals surface area contributed by atoms with Crippen LogP contribution in [0.4, 0.5) is 0 Å². The van der Waals surface area contributed by atoms with Gasteiger partial charge in [-0.2, -0.15) is 0 Å². The lowest BCUT2D eigenvalue weighted by atomic mass is 10.0. The van der Waals surface area contributed by atoms with E-state index in [4.69, 9.17) is 32.3 Å². The zero-order chi connectivity index (χ0) is 80.8. The number of phosphoric acid groups is 2. The normalized spacial score (nSPS) is 14.5. The molecule has 0 aromatic rings. The van der Waals surface area contributed by atoms with Gasteiger partial charge in [0, 0.05) is 19.3 Å². The monoisotopic (exact) mass is 1600 g/mol. The number of phosphoric ester groups is 2. The lowest BCUT2D eigenvalue weighted by Crippen LogP contribution is -2.30. The molecular weight excluding hydrogens is 1430 g/mol. The van der Waals surface area contributed by atoms with Crippen LogP contribution in [0, 0.1) is 0 Å². The van der Waals surface area contributed by atoms with E-state index in [1.165, 1.54) is 148 Å². The van der Waals surface area contributed by atoms with Gasteiger partial charge in [-0.1, -0.05) is 353 Å². The molecule has 5 unspecified atom stereocenters. The number of unbranched alkanes of at least 4 members (excludes halogenated alkanes) is 36. The highest BCUT2D eigenvalue weighted by atomic mass is 31.2. The molecule has 16 nitrogen and oxygen atoms in total. The standard InChI is InChI=1S/C93H160O16P2/c1-4-7-10-13-16-19-22-25-28-30-32-34-36-38-40-41-42-43-44-45-47-49-50-52-54-56-59-61-64-67-70-73-76-79-91(96)103-82-88(94)83-105-110(99,100)106-84-89(95)85-107-111(101,102)108-87-90(109-93(98)81-78-75-72-69-66-63-58-27-24-21-18-15-12-9-6-3)86-104-92(97)80-77-74-71-68-65-62-60-57-55-53-51-48-46-39-37-35-33-31-29-26-23-20-17-14-11-8-5-2/h7-8,10-11,16-21,25-29,32-35,38-40,46,58,88-90,94-95H,4-6,9,12-15,22-24,30-31,36-37,41-45,47-57,59-87H2,1-3H3,(H,99,100)(H,101,102)/b10-7-,11-8-,19-16-,20-17-,21-18-,28-25-,29-26-,34-32-,35-33-,40-38-,46-39-,58-27-. The van der Waals surface area contributed by atoms with Gasteiger partial charge in [0.05, 0.1) is 26.4 Å². The molecule has 0 fully saturated rings. The number of carbonyl (C=O) groups excluding carboxylic acids is 3. The second-order valence-electron chi connectivity index (χ2n) is 29.3. The Bertz CT molecular complexity index is 2600. The van der Waals surface area contributed by atoms with Gasteiger partial charge >= 0.3 is 33.6 Å². The summed E-state index contributed by atoms with van der Waals surface area (Å²) >= 11 is 0. The van der Waals surface area contributed by atoms with Crippen molar-refractivity contribution in [3.05, 3.63) is 146 Å². The maximum absolute atomic E-state index is 13.0. The zero-order valence-corrected chi connectivity index (χ0v) is 71.9. The van der Waals surface area contributed by atoms with E-state index >= 15 is 0 Å². The molecule has 0 aliphatic heterocycles. The number of rotatable bonds is 83. The van der Waals surface area contributed by atoms with Crippen LogP contribution in [0.3, 0.4) is 0 Å². The third-order valence-electron chi connectivity index (χ3n) is 18.5. The van der Waals surface area contributed by atoms with Crippen LogP contribution in [0.15, 0.2) is 146 Å². The third-order valence-corrected chi connectivity index (χ3v) is 20.4. The highest BCUT2D eigenvalue weighted by Crippen LogP contribution is 2.45. The summed E-state index contributed by atoms with van der Waals surface area (Å²) in [5.74, 6) is -1.58. The minimum atomic E-state index is -4.94. The fourth-order valence-electron chi connectivity index (χ4n) is 11.9. The lowest BCUT2D eigenvalue weighted by molar-refractivity contribution is -0.161. The molecule has 5 atom stereocenters. The largest absolute Gasteiger partial charge is 0.472 e. The number of carbonyl (C=O) groups is 3. The number of aliphatic hydroxyl groups excluding tert-OH is 2. The van der Waals surface area contributed by atoms with E-state index in [1.54, 1.807) is 0 Å². The van der Waals surface area contributed by atoms with Crippen LogP contribution in [0.2, 0.25) is 0 Å². The zero-order valence-electron chi connectivity index (χ0n) is 70.1. The van der Waals surface area contributed by atoms with Crippen LogP contribution in [-0.2, 0) is 55.8 Å². The molecule has 638 valence electrons. The molecule has 0 bridgehead atoms.